The van der Waals surface area contributed by atoms with Gasteiger partial charge in [0, 0.05) is 12.7 Å². The van der Waals surface area contributed by atoms with Crippen molar-refractivity contribution in [2.24, 2.45) is 7.05 Å². The number of nitrogens with zero attached hydrogens (tertiary/aromatic N) is 2. The maximum atomic E-state index is 9.50. The Morgan fingerprint density at radius 2 is 1.93 bits per heavy atom. The molecule has 2 atom stereocenters. The predicted octanol–water partition coefficient (Wildman–Crippen LogP) is 0.711. The fraction of sp³-hybridized carbons (Fsp3) is 0.727. The summed E-state index contributed by atoms with van der Waals surface area (Å²) in [6.07, 6.45) is 0.0223. The van der Waals surface area contributed by atoms with E-state index in [4.69, 9.17) is 0 Å². The van der Waals surface area contributed by atoms with Crippen LogP contribution in [0.5, 0.6) is 0 Å². The van der Waals surface area contributed by atoms with E-state index in [-0.39, 0.29) is 0 Å². The predicted molar refractivity (Wildman–Crippen MR) is 58.7 cm³/mol. The van der Waals surface area contributed by atoms with Crippen molar-refractivity contribution in [2.45, 2.75) is 45.8 Å². The van der Waals surface area contributed by atoms with Gasteiger partial charge >= 0.3 is 0 Å². The lowest BCUT2D eigenvalue weighted by atomic mass is 10.0. The molecule has 2 N–H and O–H groups in total. The van der Waals surface area contributed by atoms with Crippen LogP contribution in [0.3, 0.4) is 0 Å². The van der Waals surface area contributed by atoms with Crippen molar-refractivity contribution in [1.82, 2.24) is 9.78 Å². The third kappa shape index (κ3) is 2.79. The van der Waals surface area contributed by atoms with Crippen LogP contribution < -0.4 is 0 Å². The molecule has 0 aliphatic heterocycles. The molecule has 1 heterocycles. The molecule has 2 unspecified atom stereocenters. The zero-order valence-electron chi connectivity index (χ0n) is 9.86. The van der Waals surface area contributed by atoms with Crippen molar-refractivity contribution in [3.8, 4) is 0 Å². The largest absolute Gasteiger partial charge is 0.391 e. The molecule has 0 saturated carbocycles. The molecule has 0 aliphatic carbocycles. The average molecular weight is 212 g/mol. The highest BCUT2D eigenvalue weighted by Gasteiger charge is 2.14. The van der Waals surface area contributed by atoms with Gasteiger partial charge in [-0.2, -0.15) is 5.10 Å². The van der Waals surface area contributed by atoms with Crippen molar-refractivity contribution in [3.63, 3.8) is 0 Å². The van der Waals surface area contributed by atoms with Gasteiger partial charge in [-0.1, -0.05) is 0 Å². The van der Waals surface area contributed by atoms with Gasteiger partial charge in [0.2, 0.25) is 0 Å². The van der Waals surface area contributed by atoms with Crippen LogP contribution in [-0.2, 0) is 13.5 Å². The summed E-state index contributed by atoms with van der Waals surface area (Å²) in [6.45, 7) is 5.59. The first-order chi connectivity index (χ1) is 6.93. The van der Waals surface area contributed by atoms with Crippen molar-refractivity contribution in [3.05, 3.63) is 17.0 Å². The van der Waals surface area contributed by atoms with Crippen molar-refractivity contribution in [2.75, 3.05) is 0 Å². The third-order valence-electron chi connectivity index (χ3n) is 2.91. The topological polar surface area (TPSA) is 58.3 Å². The van der Waals surface area contributed by atoms with E-state index in [1.165, 1.54) is 5.56 Å². The molecule has 86 valence electrons. The molecule has 0 radical (unpaired) electrons. The summed E-state index contributed by atoms with van der Waals surface area (Å²) >= 11 is 0. The van der Waals surface area contributed by atoms with Crippen LogP contribution in [0.2, 0.25) is 0 Å². The van der Waals surface area contributed by atoms with Crippen LogP contribution in [0.1, 0.15) is 30.3 Å². The molecule has 4 nitrogen and oxygen atoms in total. The molecule has 1 aromatic heterocycles. The summed E-state index contributed by atoms with van der Waals surface area (Å²) in [5.41, 5.74) is 3.32. The second-order valence-corrected chi connectivity index (χ2v) is 4.12. The van der Waals surface area contributed by atoms with Crippen LogP contribution in [0.4, 0.5) is 0 Å². The SMILES string of the molecule is Cc1nn(C)c(C)c1CCC(O)C(C)O. The highest BCUT2D eigenvalue weighted by molar-refractivity contribution is 5.24. The van der Waals surface area contributed by atoms with Crippen LogP contribution in [0.15, 0.2) is 0 Å². The summed E-state index contributed by atoms with van der Waals surface area (Å²) in [7, 11) is 1.91. The van der Waals surface area contributed by atoms with E-state index in [0.717, 1.165) is 17.8 Å². The van der Waals surface area contributed by atoms with Crippen molar-refractivity contribution in [1.29, 1.82) is 0 Å². The molecule has 1 aromatic rings. The number of hydrogen-bond donors (Lipinski definition) is 2. The third-order valence-corrected chi connectivity index (χ3v) is 2.91. The molecular formula is C11H20N2O2. The molecule has 0 aliphatic rings. The molecule has 0 aromatic carbocycles. The monoisotopic (exact) mass is 212 g/mol. The van der Waals surface area contributed by atoms with Gasteiger partial charge in [0.15, 0.2) is 0 Å². The Kier molecular flexibility index (Phi) is 3.88. The van der Waals surface area contributed by atoms with Gasteiger partial charge in [0.05, 0.1) is 17.9 Å². The summed E-state index contributed by atoms with van der Waals surface area (Å²) in [5.74, 6) is 0. The number of rotatable bonds is 4. The van der Waals surface area contributed by atoms with Gasteiger partial charge in [-0.15, -0.1) is 0 Å². The lowest BCUT2D eigenvalue weighted by Gasteiger charge is -2.13. The van der Waals surface area contributed by atoms with Gasteiger partial charge in [0.1, 0.15) is 0 Å². The number of hydrogen-bond acceptors (Lipinski definition) is 3. The normalized spacial score (nSPS) is 15.3. The summed E-state index contributed by atoms with van der Waals surface area (Å²) in [6, 6.07) is 0. The number of aryl methyl sites for hydroxylation is 2. The lowest BCUT2D eigenvalue weighted by Crippen LogP contribution is -2.23. The Morgan fingerprint density at radius 1 is 1.33 bits per heavy atom. The van der Waals surface area contributed by atoms with Gasteiger partial charge < -0.3 is 10.2 Å². The van der Waals surface area contributed by atoms with Gasteiger partial charge in [-0.05, 0) is 39.2 Å². The Labute approximate surface area is 90.5 Å². The molecular weight excluding hydrogens is 192 g/mol. The number of aliphatic hydroxyl groups is 2. The Balaban J connectivity index is 2.65. The Hall–Kier alpha value is -0.870. The van der Waals surface area contributed by atoms with Crippen LogP contribution in [-0.4, -0.2) is 32.2 Å². The van der Waals surface area contributed by atoms with Gasteiger partial charge in [-0.25, -0.2) is 0 Å². The lowest BCUT2D eigenvalue weighted by molar-refractivity contribution is 0.0264. The van der Waals surface area contributed by atoms with Crippen LogP contribution >= 0.6 is 0 Å². The first-order valence-electron chi connectivity index (χ1n) is 5.28. The van der Waals surface area contributed by atoms with E-state index in [1.54, 1.807) is 6.92 Å². The van der Waals surface area contributed by atoms with Gasteiger partial charge in [-0.3, -0.25) is 4.68 Å². The molecule has 0 saturated heterocycles. The highest BCUT2D eigenvalue weighted by atomic mass is 16.3. The molecule has 1 rings (SSSR count). The zero-order valence-corrected chi connectivity index (χ0v) is 9.86. The van der Waals surface area contributed by atoms with E-state index in [9.17, 15) is 10.2 Å². The summed E-state index contributed by atoms with van der Waals surface area (Å²) < 4.78 is 1.85. The zero-order chi connectivity index (χ0) is 11.6. The molecule has 4 heteroatoms. The first kappa shape index (κ1) is 12.2. The fourth-order valence-corrected chi connectivity index (χ4v) is 1.71. The van der Waals surface area contributed by atoms with Gasteiger partial charge in [0.25, 0.3) is 0 Å². The molecule has 0 fully saturated rings. The van der Waals surface area contributed by atoms with E-state index in [2.05, 4.69) is 5.10 Å². The van der Waals surface area contributed by atoms with Crippen molar-refractivity contribution < 1.29 is 10.2 Å². The number of aliphatic hydroxyl groups excluding tert-OH is 2. The second-order valence-electron chi connectivity index (χ2n) is 4.12. The minimum Gasteiger partial charge on any atom is -0.391 e. The standard InChI is InChI=1S/C11H20N2O2/c1-7-10(8(2)13(4)12-7)5-6-11(15)9(3)14/h9,11,14-15H,5-6H2,1-4H3. The van der Waals surface area contributed by atoms with Crippen molar-refractivity contribution >= 4 is 0 Å². The maximum absolute atomic E-state index is 9.50. The smallest absolute Gasteiger partial charge is 0.0799 e. The molecule has 0 amide bonds. The Bertz CT molecular complexity index is 332. The quantitative estimate of drug-likeness (QED) is 0.773. The van der Waals surface area contributed by atoms with E-state index >= 15 is 0 Å². The minimum absolute atomic E-state index is 0.574. The maximum Gasteiger partial charge on any atom is 0.0799 e. The molecule has 0 spiro atoms. The van der Waals surface area contributed by atoms with E-state index < -0.39 is 12.2 Å². The second kappa shape index (κ2) is 4.77. The molecule has 0 bridgehead atoms. The van der Waals surface area contributed by atoms with Crippen LogP contribution in [0, 0.1) is 13.8 Å². The van der Waals surface area contributed by atoms with Crippen LogP contribution in [0.25, 0.3) is 0 Å². The Morgan fingerprint density at radius 3 is 2.33 bits per heavy atom. The number of aromatic nitrogens is 2. The average Bonchev–Trinajstić information content (AvgIpc) is 2.38. The fourth-order valence-electron chi connectivity index (χ4n) is 1.71. The summed E-state index contributed by atoms with van der Waals surface area (Å²) in [5, 5.41) is 23.0. The van der Waals surface area contributed by atoms with E-state index in [0.29, 0.717) is 6.42 Å². The molecule has 15 heavy (non-hydrogen) atoms. The minimum atomic E-state index is -0.665. The van der Waals surface area contributed by atoms with E-state index in [1.807, 2.05) is 25.6 Å². The first-order valence-corrected chi connectivity index (χ1v) is 5.28. The highest BCUT2D eigenvalue weighted by Crippen LogP contribution is 2.15. The summed E-state index contributed by atoms with van der Waals surface area (Å²) in [4.78, 5) is 0.